The minimum Gasteiger partial charge on any atom is -0.464 e. The molecule has 1 fully saturated rings. The molecule has 2 amide bonds. The second-order valence-corrected chi connectivity index (χ2v) is 4.23. The average Bonchev–Trinajstić information content (AvgIpc) is 2.77. The summed E-state index contributed by atoms with van der Waals surface area (Å²) in [4.78, 5) is 35.8. The predicted octanol–water partition coefficient (Wildman–Crippen LogP) is 0.0667. The molecular formula is C12H20N2O4. The van der Waals surface area contributed by atoms with Gasteiger partial charge >= 0.3 is 5.97 Å². The SMILES string of the molecule is CCOC(=O)C1CCCN1C(=O)CCNC(C)=O. The summed E-state index contributed by atoms with van der Waals surface area (Å²) in [6.07, 6.45) is 1.69. The van der Waals surface area contributed by atoms with Crippen LogP contribution in [0.3, 0.4) is 0 Å². The minimum absolute atomic E-state index is 0.112. The highest BCUT2D eigenvalue weighted by molar-refractivity contribution is 5.85. The number of hydrogen-bond donors (Lipinski definition) is 1. The van der Waals surface area contributed by atoms with Gasteiger partial charge in [-0.25, -0.2) is 4.79 Å². The van der Waals surface area contributed by atoms with Crippen molar-refractivity contribution in [3.8, 4) is 0 Å². The summed E-state index contributed by atoms with van der Waals surface area (Å²) in [6.45, 7) is 4.36. The van der Waals surface area contributed by atoms with Gasteiger partial charge in [-0.2, -0.15) is 0 Å². The van der Waals surface area contributed by atoms with E-state index in [-0.39, 0.29) is 24.2 Å². The van der Waals surface area contributed by atoms with Gasteiger partial charge in [0, 0.05) is 26.4 Å². The molecule has 0 bridgehead atoms. The van der Waals surface area contributed by atoms with Gasteiger partial charge in [0.25, 0.3) is 0 Å². The third kappa shape index (κ3) is 4.01. The van der Waals surface area contributed by atoms with Crippen molar-refractivity contribution in [2.75, 3.05) is 19.7 Å². The van der Waals surface area contributed by atoms with E-state index in [0.29, 0.717) is 26.1 Å². The van der Waals surface area contributed by atoms with E-state index >= 15 is 0 Å². The fourth-order valence-corrected chi connectivity index (χ4v) is 2.04. The Hall–Kier alpha value is -1.59. The van der Waals surface area contributed by atoms with Crippen molar-refractivity contribution in [3.05, 3.63) is 0 Å². The van der Waals surface area contributed by atoms with Crippen LogP contribution in [0.15, 0.2) is 0 Å². The molecule has 1 aliphatic rings. The molecule has 18 heavy (non-hydrogen) atoms. The maximum Gasteiger partial charge on any atom is 0.328 e. The second kappa shape index (κ2) is 6.98. The molecule has 1 unspecified atom stereocenters. The minimum atomic E-state index is -0.449. The van der Waals surface area contributed by atoms with Crippen LogP contribution >= 0.6 is 0 Å². The Labute approximate surface area is 107 Å². The van der Waals surface area contributed by atoms with E-state index < -0.39 is 6.04 Å². The Morgan fingerprint density at radius 1 is 1.39 bits per heavy atom. The molecule has 1 saturated heterocycles. The van der Waals surface area contributed by atoms with E-state index in [9.17, 15) is 14.4 Å². The van der Waals surface area contributed by atoms with E-state index in [1.165, 1.54) is 6.92 Å². The van der Waals surface area contributed by atoms with E-state index in [4.69, 9.17) is 4.74 Å². The first-order chi connectivity index (χ1) is 8.56. The number of amides is 2. The van der Waals surface area contributed by atoms with E-state index in [2.05, 4.69) is 5.32 Å². The van der Waals surface area contributed by atoms with Crippen LogP contribution in [0.2, 0.25) is 0 Å². The molecule has 0 aromatic rings. The number of likely N-dealkylation sites (tertiary alicyclic amines) is 1. The summed E-state index contributed by atoms with van der Waals surface area (Å²) in [5.74, 6) is -0.603. The Morgan fingerprint density at radius 2 is 2.11 bits per heavy atom. The van der Waals surface area contributed by atoms with Gasteiger partial charge in [-0.1, -0.05) is 0 Å². The third-order valence-electron chi connectivity index (χ3n) is 2.84. The van der Waals surface area contributed by atoms with E-state index in [0.717, 1.165) is 6.42 Å². The predicted molar refractivity (Wildman–Crippen MR) is 64.7 cm³/mol. The van der Waals surface area contributed by atoms with Crippen molar-refractivity contribution in [2.45, 2.75) is 39.2 Å². The summed E-state index contributed by atoms with van der Waals surface area (Å²) in [7, 11) is 0. The first-order valence-corrected chi connectivity index (χ1v) is 6.26. The fraction of sp³-hybridized carbons (Fsp3) is 0.750. The zero-order chi connectivity index (χ0) is 13.5. The van der Waals surface area contributed by atoms with Gasteiger partial charge in [-0.15, -0.1) is 0 Å². The molecule has 6 heteroatoms. The molecule has 0 aliphatic carbocycles. The summed E-state index contributed by atoms with van der Waals surface area (Å²) >= 11 is 0. The Bertz CT molecular complexity index is 330. The van der Waals surface area contributed by atoms with Crippen LogP contribution in [-0.2, 0) is 19.1 Å². The monoisotopic (exact) mass is 256 g/mol. The molecule has 1 atom stereocenters. The molecule has 0 aromatic heterocycles. The Balaban J connectivity index is 2.45. The fourth-order valence-electron chi connectivity index (χ4n) is 2.04. The molecule has 1 heterocycles. The maximum absolute atomic E-state index is 11.9. The highest BCUT2D eigenvalue weighted by Crippen LogP contribution is 2.19. The number of ether oxygens (including phenoxy) is 1. The van der Waals surface area contributed by atoms with Crippen LogP contribution in [0.25, 0.3) is 0 Å². The highest BCUT2D eigenvalue weighted by Gasteiger charge is 2.34. The molecule has 6 nitrogen and oxygen atoms in total. The third-order valence-corrected chi connectivity index (χ3v) is 2.84. The standard InChI is InChI=1S/C12H20N2O4/c1-3-18-12(17)10-5-4-8-14(10)11(16)6-7-13-9(2)15/h10H,3-8H2,1-2H3,(H,13,15). The Morgan fingerprint density at radius 3 is 2.72 bits per heavy atom. The second-order valence-electron chi connectivity index (χ2n) is 4.23. The van der Waals surface area contributed by atoms with Gasteiger partial charge in [-0.3, -0.25) is 9.59 Å². The zero-order valence-corrected chi connectivity index (χ0v) is 10.9. The molecule has 1 rings (SSSR count). The van der Waals surface area contributed by atoms with Gasteiger partial charge in [0.05, 0.1) is 6.61 Å². The number of esters is 1. The van der Waals surface area contributed by atoms with Crippen molar-refractivity contribution < 1.29 is 19.1 Å². The van der Waals surface area contributed by atoms with Gasteiger partial charge in [0.2, 0.25) is 11.8 Å². The van der Waals surface area contributed by atoms with Crippen molar-refractivity contribution in [2.24, 2.45) is 0 Å². The summed E-state index contributed by atoms with van der Waals surface area (Å²) in [6, 6.07) is -0.449. The summed E-state index contributed by atoms with van der Waals surface area (Å²) in [5.41, 5.74) is 0. The maximum atomic E-state index is 11.9. The smallest absolute Gasteiger partial charge is 0.328 e. The van der Waals surface area contributed by atoms with Crippen LogP contribution in [0.4, 0.5) is 0 Å². The molecule has 0 radical (unpaired) electrons. The van der Waals surface area contributed by atoms with Crippen LogP contribution < -0.4 is 5.32 Å². The lowest BCUT2D eigenvalue weighted by atomic mass is 10.2. The topological polar surface area (TPSA) is 75.7 Å². The zero-order valence-electron chi connectivity index (χ0n) is 10.9. The molecule has 0 aromatic carbocycles. The van der Waals surface area contributed by atoms with Gasteiger partial charge in [0.15, 0.2) is 0 Å². The van der Waals surface area contributed by atoms with Crippen LogP contribution in [0.5, 0.6) is 0 Å². The number of nitrogens with one attached hydrogen (secondary N) is 1. The first kappa shape index (κ1) is 14.5. The Kier molecular flexibility index (Phi) is 5.61. The van der Waals surface area contributed by atoms with Gasteiger partial charge in [0.1, 0.15) is 6.04 Å². The highest BCUT2D eigenvalue weighted by atomic mass is 16.5. The number of carbonyl (C=O) groups is 3. The molecule has 102 valence electrons. The number of hydrogen-bond acceptors (Lipinski definition) is 4. The molecule has 0 spiro atoms. The average molecular weight is 256 g/mol. The molecule has 1 aliphatic heterocycles. The lowest BCUT2D eigenvalue weighted by Crippen LogP contribution is -2.42. The molecule has 0 saturated carbocycles. The van der Waals surface area contributed by atoms with Crippen molar-refractivity contribution >= 4 is 17.8 Å². The number of carbonyl (C=O) groups excluding carboxylic acids is 3. The summed E-state index contributed by atoms with van der Waals surface area (Å²) in [5, 5.41) is 2.57. The lowest BCUT2D eigenvalue weighted by Gasteiger charge is -2.23. The van der Waals surface area contributed by atoms with Crippen LogP contribution in [0.1, 0.15) is 33.1 Å². The number of rotatable bonds is 5. The van der Waals surface area contributed by atoms with Crippen LogP contribution in [0, 0.1) is 0 Å². The van der Waals surface area contributed by atoms with Crippen LogP contribution in [-0.4, -0.2) is 48.4 Å². The normalized spacial score (nSPS) is 18.6. The van der Waals surface area contributed by atoms with Gasteiger partial charge < -0.3 is 15.0 Å². The first-order valence-electron chi connectivity index (χ1n) is 6.26. The lowest BCUT2D eigenvalue weighted by molar-refractivity contribution is -0.153. The largest absolute Gasteiger partial charge is 0.464 e. The van der Waals surface area contributed by atoms with Crippen molar-refractivity contribution in [1.82, 2.24) is 10.2 Å². The van der Waals surface area contributed by atoms with Gasteiger partial charge in [-0.05, 0) is 19.8 Å². The number of nitrogens with zero attached hydrogens (tertiary/aromatic N) is 1. The summed E-state index contributed by atoms with van der Waals surface area (Å²) < 4.78 is 4.95. The quantitative estimate of drug-likeness (QED) is 0.706. The molecule has 1 N–H and O–H groups in total. The van der Waals surface area contributed by atoms with E-state index in [1.54, 1.807) is 11.8 Å². The van der Waals surface area contributed by atoms with E-state index in [1.807, 2.05) is 0 Å². The van der Waals surface area contributed by atoms with Crippen molar-refractivity contribution in [3.63, 3.8) is 0 Å². The van der Waals surface area contributed by atoms with Crippen molar-refractivity contribution in [1.29, 1.82) is 0 Å². The molecular weight excluding hydrogens is 236 g/mol.